The fraction of sp³-hybridized carbons (Fsp3) is 0.0870. The van der Waals surface area contributed by atoms with Gasteiger partial charge in [-0.3, -0.25) is 9.59 Å². The molecule has 0 unspecified atom stereocenters. The van der Waals surface area contributed by atoms with Gasteiger partial charge in [-0.1, -0.05) is 36.4 Å². The van der Waals surface area contributed by atoms with Crippen LogP contribution in [0.2, 0.25) is 0 Å². The molecule has 0 bridgehead atoms. The van der Waals surface area contributed by atoms with Gasteiger partial charge in [0.25, 0.3) is 11.8 Å². The molecular weight excluding hydrogens is 369 g/mol. The number of halogens is 1. The van der Waals surface area contributed by atoms with E-state index in [9.17, 15) is 14.0 Å². The second-order valence-corrected chi connectivity index (χ2v) is 6.55. The average molecular weight is 389 g/mol. The minimum Gasteiger partial charge on any atom is -0.321 e. The fourth-order valence-corrected chi connectivity index (χ4v) is 2.68. The monoisotopic (exact) mass is 389 g/mol. The molecule has 3 aromatic rings. The van der Waals surface area contributed by atoms with Crippen LogP contribution in [0.4, 0.5) is 10.1 Å². The van der Waals surface area contributed by atoms with E-state index in [2.05, 4.69) is 15.8 Å². The molecule has 0 heterocycles. The number of carbonyl (C=O) groups is 2. The zero-order valence-corrected chi connectivity index (χ0v) is 16.1. The van der Waals surface area contributed by atoms with Gasteiger partial charge in [-0.2, -0.15) is 5.10 Å². The van der Waals surface area contributed by atoms with Crippen molar-refractivity contribution in [2.45, 2.75) is 13.8 Å². The summed E-state index contributed by atoms with van der Waals surface area (Å²) in [4.78, 5) is 24.9. The van der Waals surface area contributed by atoms with E-state index in [-0.39, 0.29) is 11.1 Å². The van der Waals surface area contributed by atoms with Crippen molar-refractivity contribution < 1.29 is 14.0 Å². The standard InChI is InChI=1S/C23H20FN3O2/c1-15-10-11-17(12-16(15)2)14-25-27-23(29)20-8-3-4-9-21(20)26-22(28)18-6-5-7-19(24)13-18/h3-14H,1-2H3,(H,26,28)(H,27,29)/b25-14+. The lowest BCUT2D eigenvalue weighted by molar-refractivity contribution is 0.0956. The van der Waals surface area contributed by atoms with E-state index >= 15 is 0 Å². The molecule has 2 amide bonds. The molecule has 3 rings (SSSR count). The lowest BCUT2D eigenvalue weighted by Crippen LogP contribution is -2.21. The molecule has 0 aliphatic carbocycles. The largest absolute Gasteiger partial charge is 0.321 e. The van der Waals surface area contributed by atoms with E-state index < -0.39 is 17.6 Å². The Labute approximate surface area is 168 Å². The van der Waals surface area contributed by atoms with Crippen LogP contribution in [0.15, 0.2) is 71.8 Å². The fourth-order valence-electron chi connectivity index (χ4n) is 2.68. The van der Waals surface area contributed by atoms with Crippen LogP contribution < -0.4 is 10.7 Å². The molecule has 0 aliphatic rings. The second-order valence-electron chi connectivity index (χ2n) is 6.55. The maximum atomic E-state index is 13.3. The summed E-state index contributed by atoms with van der Waals surface area (Å²) in [5, 5.41) is 6.63. The van der Waals surface area contributed by atoms with Gasteiger partial charge in [-0.25, -0.2) is 9.82 Å². The molecule has 29 heavy (non-hydrogen) atoms. The maximum Gasteiger partial charge on any atom is 0.273 e. The molecule has 2 N–H and O–H groups in total. The number of aryl methyl sites for hydroxylation is 2. The highest BCUT2D eigenvalue weighted by Crippen LogP contribution is 2.17. The van der Waals surface area contributed by atoms with Crippen molar-refractivity contribution >= 4 is 23.7 Å². The van der Waals surface area contributed by atoms with Gasteiger partial charge in [0, 0.05) is 5.56 Å². The Morgan fingerprint density at radius 2 is 1.69 bits per heavy atom. The topological polar surface area (TPSA) is 70.6 Å². The molecular formula is C23H20FN3O2. The van der Waals surface area contributed by atoms with Crippen molar-refractivity contribution in [1.82, 2.24) is 5.43 Å². The molecule has 0 aliphatic heterocycles. The molecule has 0 saturated heterocycles. The predicted molar refractivity (Wildman–Crippen MR) is 112 cm³/mol. The average Bonchev–Trinajstić information content (AvgIpc) is 2.71. The molecule has 0 atom stereocenters. The van der Waals surface area contributed by atoms with Gasteiger partial charge >= 0.3 is 0 Å². The van der Waals surface area contributed by atoms with Crippen molar-refractivity contribution in [1.29, 1.82) is 0 Å². The van der Waals surface area contributed by atoms with Gasteiger partial charge < -0.3 is 5.32 Å². The Kier molecular flexibility index (Phi) is 6.14. The number of nitrogens with one attached hydrogen (secondary N) is 2. The van der Waals surface area contributed by atoms with E-state index in [0.29, 0.717) is 5.69 Å². The summed E-state index contributed by atoms with van der Waals surface area (Å²) in [6.07, 6.45) is 1.55. The lowest BCUT2D eigenvalue weighted by atomic mass is 10.1. The Morgan fingerprint density at radius 3 is 2.45 bits per heavy atom. The summed E-state index contributed by atoms with van der Waals surface area (Å²) in [5.41, 5.74) is 6.34. The molecule has 0 fully saturated rings. The summed E-state index contributed by atoms with van der Waals surface area (Å²) in [5.74, 6) is -1.49. The second kappa shape index (κ2) is 8.93. The molecule has 0 spiro atoms. The molecule has 3 aromatic carbocycles. The third-order valence-corrected chi connectivity index (χ3v) is 4.42. The van der Waals surface area contributed by atoms with Crippen LogP contribution in [0.1, 0.15) is 37.4 Å². The van der Waals surface area contributed by atoms with E-state index in [1.165, 1.54) is 23.8 Å². The van der Waals surface area contributed by atoms with Crippen LogP contribution in [0.3, 0.4) is 0 Å². The van der Waals surface area contributed by atoms with E-state index in [1.54, 1.807) is 30.5 Å². The zero-order valence-electron chi connectivity index (χ0n) is 16.1. The lowest BCUT2D eigenvalue weighted by Gasteiger charge is -2.10. The van der Waals surface area contributed by atoms with Crippen LogP contribution >= 0.6 is 0 Å². The first-order valence-electron chi connectivity index (χ1n) is 9.00. The molecule has 0 saturated carbocycles. The van der Waals surface area contributed by atoms with Gasteiger partial charge in [-0.05, 0) is 60.9 Å². The number of hydrazone groups is 1. The van der Waals surface area contributed by atoms with Crippen molar-refractivity contribution in [2.24, 2.45) is 5.10 Å². The van der Waals surface area contributed by atoms with Gasteiger partial charge in [0.15, 0.2) is 0 Å². The SMILES string of the molecule is Cc1ccc(/C=N/NC(=O)c2ccccc2NC(=O)c2cccc(F)c2)cc1C. The Hall–Kier alpha value is -3.80. The summed E-state index contributed by atoms with van der Waals surface area (Å²) in [6.45, 7) is 4.02. The normalized spacial score (nSPS) is 10.7. The quantitative estimate of drug-likeness (QED) is 0.500. The van der Waals surface area contributed by atoms with Crippen LogP contribution in [0.5, 0.6) is 0 Å². The summed E-state index contributed by atoms with van der Waals surface area (Å²) < 4.78 is 13.3. The highest BCUT2D eigenvalue weighted by atomic mass is 19.1. The van der Waals surface area contributed by atoms with Crippen molar-refractivity contribution in [2.75, 3.05) is 5.32 Å². The van der Waals surface area contributed by atoms with Crippen molar-refractivity contribution in [3.8, 4) is 0 Å². The molecule has 5 nitrogen and oxygen atoms in total. The van der Waals surface area contributed by atoms with Crippen molar-refractivity contribution in [3.05, 3.63) is 100 Å². The summed E-state index contributed by atoms with van der Waals surface area (Å²) in [7, 11) is 0. The third kappa shape index (κ3) is 5.13. The third-order valence-electron chi connectivity index (χ3n) is 4.42. The molecule has 146 valence electrons. The van der Waals surface area contributed by atoms with Gasteiger partial charge in [0.2, 0.25) is 0 Å². The predicted octanol–water partition coefficient (Wildman–Crippen LogP) is 4.46. The first-order valence-corrected chi connectivity index (χ1v) is 9.00. The zero-order chi connectivity index (χ0) is 20.8. The number of hydrogen-bond donors (Lipinski definition) is 2. The van der Waals surface area contributed by atoms with Crippen LogP contribution in [0.25, 0.3) is 0 Å². The van der Waals surface area contributed by atoms with Crippen LogP contribution in [-0.4, -0.2) is 18.0 Å². The van der Waals surface area contributed by atoms with Gasteiger partial charge in [0.05, 0.1) is 17.5 Å². The van der Waals surface area contributed by atoms with E-state index in [4.69, 9.17) is 0 Å². The minimum atomic E-state index is -0.511. The maximum absolute atomic E-state index is 13.3. The number of nitrogens with zero attached hydrogens (tertiary/aromatic N) is 1. The number of rotatable bonds is 5. The number of para-hydroxylation sites is 1. The summed E-state index contributed by atoms with van der Waals surface area (Å²) >= 11 is 0. The highest BCUT2D eigenvalue weighted by molar-refractivity contribution is 6.09. The number of amides is 2. The minimum absolute atomic E-state index is 0.160. The van der Waals surface area contributed by atoms with E-state index in [0.717, 1.165) is 17.2 Å². The first kappa shape index (κ1) is 19.9. The number of carbonyl (C=O) groups excluding carboxylic acids is 2. The number of benzene rings is 3. The van der Waals surface area contributed by atoms with Gasteiger partial charge in [0.1, 0.15) is 5.82 Å². The molecule has 0 aromatic heterocycles. The first-order chi connectivity index (χ1) is 13.9. The Balaban J connectivity index is 1.72. The van der Waals surface area contributed by atoms with Crippen LogP contribution in [-0.2, 0) is 0 Å². The number of anilines is 1. The Bertz CT molecular complexity index is 1090. The molecule has 6 heteroatoms. The number of hydrogen-bond acceptors (Lipinski definition) is 3. The summed E-state index contributed by atoms with van der Waals surface area (Å²) in [6, 6.07) is 17.7. The van der Waals surface area contributed by atoms with Crippen LogP contribution in [0, 0.1) is 19.7 Å². The molecule has 0 radical (unpaired) electrons. The van der Waals surface area contributed by atoms with Crippen molar-refractivity contribution in [3.63, 3.8) is 0 Å². The Morgan fingerprint density at radius 1 is 0.897 bits per heavy atom. The highest BCUT2D eigenvalue weighted by Gasteiger charge is 2.14. The smallest absolute Gasteiger partial charge is 0.273 e. The van der Waals surface area contributed by atoms with Gasteiger partial charge in [-0.15, -0.1) is 0 Å². The van der Waals surface area contributed by atoms with E-state index in [1.807, 2.05) is 32.0 Å².